The Labute approximate surface area is 44.0 Å². The van der Waals surface area contributed by atoms with Gasteiger partial charge in [0, 0.05) is 0 Å². The Kier molecular flexibility index (Phi) is 1.78. The Morgan fingerprint density at radius 3 is 1.71 bits per heavy atom. The molecule has 0 heterocycles. The van der Waals surface area contributed by atoms with E-state index in [4.69, 9.17) is 0 Å². The molecule has 0 rings (SSSR count). The molecule has 0 aromatic heterocycles. The summed E-state index contributed by atoms with van der Waals surface area (Å²) in [6.45, 7) is 8.15. The van der Waals surface area contributed by atoms with Crippen LogP contribution in [0.2, 0.25) is 0 Å². The van der Waals surface area contributed by atoms with Crippen molar-refractivity contribution in [3.8, 4) is 0 Å². The van der Waals surface area contributed by atoms with Crippen LogP contribution in [0.4, 0.5) is 0 Å². The maximum absolute atomic E-state index is 10.6. The van der Waals surface area contributed by atoms with Crippen molar-refractivity contribution >= 4 is 0 Å². The molecule has 0 aliphatic rings. The molecule has 1 heteroatoms. The molecule has 0 bridgehead atoms. The van der Waals surface area contributed by atoms with Gasteiger partial charge in [0.25, 0.3) is 0 Å². The van der Waals surface area contributed by atoms with Gasteiger partial charge in [-0.1, -0.05) is 25.3 Å². The van der Waals surface area contributed by atoms with Crippen molar-refractivity contribution in [1.82, 2.24) is 0 Å². The minimum absolute atomic E-state index is 1.14. The van der Waals surface area contributed by atoms with Crippen LogP contribution in [-0.2, 0) is 5.11 Å². The van der Waals surface area contributed by atoms with E-state index < -0.39 is 5.60 Å². The van der Waals surface area contributed by atoms with Gasteiger partial charge in [-0.3, -0.25) is 0 Å². The monoisotopic (exact) mass is 97.1 g/mol. The molecule has 1 nitrogen and oxygen atoms in total. The Morgan fingerprint density at radius 2 is 1.71 bits per heavy atom. The SMILES string of the molecule is C=CC(C)([O])C=C. The first-order valence-corrected chi connectivity index (χ1v) is 2.10. The van der Waals surface area contributed by atoms with Gasteiger partial charge in [0.15, 0.2) is 0 Å². The molecule has 7 heavy (non-hydrogen) atoms. The van der Waals surface area contributed by atoms with Crippen LogP contribution in [0.5, 0.6) is 0 Å². The summed E-state index contributed by atoms with van der Waals surface area (Å²) in [6, 6.07) is 0. The molecule has 0 fully saturated rings. The van der Waals surface area contributed by atoms with Gasteiger partial charge in [0.1, 0.15) is 5.60 Å². The van der Waals surface area contributed by atoms with Gasteiger partial charge < -0.3 is 0 Å². The van der Waals surface area contributed by atoms with E-state index in [2.05, 4.69) is 13.2 Å². The molecule has 0 aromatic rings. The highest BCUT2D eigenvalue weighted by molar-refractivity contribution is 5.04. The lowest BCUT2D eigenvalue weighted by Crippen LogP contribution is -2.12. The number of rotatable bonds is 2. The average Bonchev–Trinajstić information content (AvgIpc) is 1.68. The molecule has 0 spiro atoms. The van der Waals surface area contributed by atoms with Crippen LogP contribution in [0.25, 0.3) is 0 Å². The Balaban J connectivity index is 3.82. The van der Waals surface area contributed by atoms with Crippen LogP contribution in [0.1, 0.15) is 6.92 Å². The normalized spacial score (nSPS) is 10.6. The highest BCUT2D eigenvalue weighted by Gasteiger charge is 2.09. The maximum Gasteiger partial charge on any atom is 0.136 e. The van der Waals surface area contributed by atoms with E-state index in [0.29, 0.717) is 0 Å². The molecule has 39 valence electrons. The summed E-state index contributed by atoms with van der Waals surface area (Å²) >= 11 is 0. The van der Waals surface area contributed by atoms with Crippen molar-refractivity contribution in [1.29, 1.82) is 0 Å². The molecule has 1 radical (unpaired) electrons. The van der Waals surface area contributed by atoms with E-state index in [1.165, 1.54) is 19.1 Å². The third-order valence-corrected chi connectivity index (χ3v) is 0.811. The van der Waals surface area contributed by atoms with Crippen molar-refractivity contribution in [3.05, 3.63) is 25.3 Å². The Bertz CT molecular complexity index is 72.2. The van der Waals surface area contributed by atoms with Crippen LogP contribution in [0, 0.1) is 0 Å². The fourth-order valence-electron chi connectivity index (χ4n) is 0.0833. The fraction of sp³-hybridized carbons (Fsp3) is 0.333. The molecular formula is C6H9O. The quantitative estimate of drug-likeness (QED) is 0.466. The summed E-state index contributed by atoms with van der Waals surface area (Å²) in [5.74, 6) is 0. The predicted octanol–water partition coefficient (Wildman–Crippen LogP) is 1.55. The Hall–Kier alpha value is -0.560. The molecule has 0 saturated heterocycles. The highest BCUT2D eigenvalue weighted by atomic mass is 16.3. The number of hydrogen-bond acceptors (Lipinski definition) is 0. The molecule has 0 unspecified atom stereocenters. The lowest BCUT2D eigenvalue weighted by Gasteiger charge is -2.05. The summed E-state index contributed by atoms with van der Waals surface area (Å²) in [6.07, 6.45) is 2.64. The zero-order chi connectivity index (χ0) is 5.91. The average molecular weight is 97.1 g/mol. The van der Waals surface area contributed by atoms with Gasteiger partial charge in [-0.2, -0.15) is 0 Å². The summed E-state index contributed by atoms with van der Waals surface area (Å²) < 4.78 is 0. The van der Waals surface area contributed by atoms with Crippen molar-refractivity contribution < 1.29 is 5.11 Å². The third kappa shape index (κ3) is 2.18. The highest BCUT2D eigenvalue weighted by Crippen LogP contribution is 2.03. The van der Waals surface area contributed by atoms with Crippen molar-refractivity contribution in [2.45, 2.75) is 12.5 Å². The minimum Gasteiger partial charge on any atom is -0.221 e. The van der Waals surface area contributed by atoms with E-state index in [9.17, 15) is 5.11 Å². The summed E-state index contributed by atoms with van der Waals surface area (Å²) in [4.78, 5) is 0. The second-order valence-electron chi connectivity index (χ2n) is 1.59. The molecule has 0 saturated carbocycles. The third-order valence-electron chi connectivity index (χ3n) is 0.811. The van der Waals surface area contributed by atoms with Gasteiger partial charge in [-0.25, -0.2) is 5.11 Å². The standard InChI is InChI=1S/C6H9O/c1-4-6(3,7)5-2/h4-5H,1-2H2,3H3. The van der Waals surface area contributed by atoms with Crippen LogP contribution in [0.15, 0.2) is 25.3 Å². The zero-order valence-corrected chi connectivity index (χ0v) is 4.48. The van der Waals surface area contributed by atoms with Gasteiger partial charge >= 0.3 is 0 Å². The van der Waals surface area contributed by atoms with E-state index in [1.807, 2.05) is 0 Å². The van der Waals surface area contributed by atoms with Crippen LogP contribution >= 0.6 is 0 Å². The van der Waals surface area contributed by atoms with Gasteiger partial charge in [0.2, 0.25) is 0 Å². The largest absolute Gasteiger partial charge is 0.221 e. The predicted molar refractivity (Wildman–Crippen MR) is 29.5 cm³/mol. The topological polar surface area (TPSA) is 19.9 Å². The smallest absolute Gasteiger partial charge is 0.136 e. The van der Waals surface area contributed by atoms with E-state index >= 15 is 0 Å². The second kappa shape index (κ2) is 1.94. The van der Waals surface area contributed by atoms with E-state index in [-0.39, 0.29) is 0 Å². The summed E-state index contributed by atoms with van der Waals surface area (Å²) in [5.41, 5.74) is -1.14. The molecule has 0 aliphatic heterocycles. The van der Waals surface area contributed by atoms with Crippen LogP contribution in [-0.4, -0.2) is 5.60 Å². The first-order valence-electron chi connectivity index (χ1n) is 2.10. The second-order valence-corrected chi connectivity index (χ2v) is 1.59. The summed E-state index contributed by atoms with van der Waals surface area (Å²) in [7, 11) is 0. The van der Waals surface area contributed by atoms with Gasteiger partial charge in [0.05, 0.1) is 0 Å². The van der Waals surface area contributed by atoms with Crippen LogP contribution in [0.3, 0.4) is 0 Å². The lowest BCUT2D eigenvalue weighted by atomic mass is 10.1. The Morgan fingerprint density at radius 1 is 1.43 bits per heavy atom. The molecule has 0 aromatic carbocycles. The molecule has 0 aliphatic carbocycles. The minimum atomic E-state index is -1.14. The zero-order valence-electron chi connectivity index (χ0n) is 4.48. The summed E-state index contributed by atoms with van der Waals surface area (Å²) in [5, 5.41) is 10.6. The van der Waals surface area contributed by atoms with E-state index in [0.717, 1.165) is 0 Å². The van der Waals surface area contributed by atoms with Gasteiger partial charge in [-0.15, -0.1) is 0 Å². The maximum atomic E-state index is 10.6. The van der Waals surface area contributed by atoms with E-state index in [1.54, 1.807) is 0 Å². The molecular weight excluding hydrogens is 88.1 g/mol. The molecule has 0 amide bonds. The van der Waals surface area contributed by atoms with Crippen molar-refractivity contribution in [3.63, 3.8) is 0 Å². The molecule has 0 atom stereocenters. The molecule has 0 N–H and O–H groups in total. The van der Waals surface area contributed by atoms with Gasteiger partial charge in [-0.05, 0) is 6.92 Å². The van der Waals surface area contributed by atoms with Crippen molar-refractivity contribution in [2.75, 3.05) is 0 Å². The number of hydrogen-bond donors (Lipinski definition) is 0. The van der Waals surface area contributed by atoms with Crippen LogP contribution < -0.4 is 0 Å². The first-order chi connectivity index (χ1) is 3.12. The van der Waals surface area contributed by atoms with Crippen molar-refractivity contribution in [2.24, 2.45) is 0 Å². The lowest BCUT2D eigenvalue weighted by molar-refractivity contribution is 0.0763. The first kappa shape index (κ1) is 6.44. The fourth-order valence-corrected chi connectivity index (χ4v) is 0.0833.